The van der Waals surface area contributed by atoms with Crippen LogP contribution < -0.4 is 10.6 Å². The Bertz CT molecular complexity index is 617. The Kier molecular flexibility index (Phi) is 2.94. The van der Waals surface area contributed by atoms with Crippen LogP contribution in [0.4, 0.5) is 17.1 Å². The van der Waals surface area contributed by atoms with Crippen LogP contribution in [0.5, 0.6) is 0 Å². The second-order valence-corrected chi connectivity index (χ2v) is 5.38. The number of hydrogen-bond acceptors (Lipinski definition) is 2. The summed E-state index contributed by atoms with van der Waals surface area (Å²) in [4.78, 5) is 2.36. The first-order chi connectivity index (χ1) is 9.16. The maximum absolute atomic E-state index is 6.24. The average Bonchev–Trinajstić information content (AvgIpc) is 2.42. The lowest BCUT2D eigenvalue weighted by Crippen LogP contribution is -2.25. The predicted octanol–water partition coefficient (Wildman–Crippen LogP) is 3.97. The highest BCUT2D eigenvalue weighted by molar-refractivity contribution is 5.78. The number of hydrogen-bond donors (Lipinski definition) is 1. The number of nitrogen functional groups attached to an aromatic ring is 1. The van der Waals surface area contributed by atoms with Crippen molar-refractivity contribution in [2.24, 2.45) is 0 Å². The molecule has 0 radical (unpaired) electrons. The van der Waals surface area contributed by atoms with Crippen molar-refractivity contribution in [3.8, 4) is 0 Å². The topological polar surface area (TPSA) is 29.3 Å². The molecular formula is C17H20N2. The van der Waals surface area contributed by atoms with Gasteiger partial charge < -0.3 is 10.6 Å². The van der Waals surface area contributed by atoms with Crippen LogP contribution in [0.2, 0.25) is 0 Å². The summed E-state index contributed by atoms with van der Waals surface area (Å²) >= 11 is 0. The summed E-state index contributed by atoms with van der Waals surface area (Å²) in [7, 11) is 0. The van der Waals surface area contributed by atoms with Crippen molar-refractivity contribution in [2.75, 3.05) is 17.2 Å². The average molecular weight is 252 g/mol. The largest absolute Gasteiger partial charge is 0.397 e. The van der Waals surface area contributed by atoms with Crippen LogP contribution in [-0.4, -0.2) is 6.54 Å². The smallest absolute Gasteiger partial charge is 0.0647 e. The third kappa shape index (κ3) is 2.07. The fraction of sp³-hybridized carbons (Fsp3) is 0.294. The molecule has 0 saturated carbocycles. The van der Waals surface area contributed by atoms with Gasteiger partial charge in [-0.05, 0) is 61.6 Å². The first-order valence-electron chi connectivity index (χ1n) is 6.89. The Labute approximate surface area is 114 Å². The van der Waals surface area contributed by atoms with Gasteiger partial charge >= 0.3 is 0 Å². The number of fused-ring (bicyclic) bond motifs is 1. The van der Waals surface area contributed by atoms with E-state index in [9.17, 15) is 0 Å². The van der Waals surface area contributed by atoms with Crippen LogP contribution >= 0.6 is 0 Å². The number of aryl methyl sites for hydroxylation is 3. The van der Waals surface area contributed by atoms with Gasteiger partial charge in [-0.1, -0.05) is 18.2 Å². The van der Waals surface area contributed by atoms with Crippen LogP contribution in [0.15, 0.2) is 36.4 Å². The Balaban J connectivity index is 2.11. The molecule has 1 aliphatic heterocycles. The van der Waals surface area contributed by atoms with Crippen LogP contribution in [0.1, 0.15) is 23.1 Å². The summed E-state index contributed by atoms with van der Waals surface area (Å²) < 4.78 is 0. The zero-order valence-corrected chi connectivity index (χ0v) is 11.6. The van der Waals surface area contributed by atoms with E-state index in [2.05, 4.69) is 55.1 Å². The number of para-hydroxylation sites is 1. The molecule has 2 heteroatoms. The van der Waals surface area contributed by atoms with E-state index in [0.717, 1.165) is 24.3 Å². The quantitative estimate of drug-likeness (QED) is 0.778. The normalized spacial score (nSPS) is 14.3. The minimum atomic E-state index is 0.875. The van der Waals surface area contributed by atoms with Crippen LogP contribution in [0, 0.1) is 13.8 Å². The van der Waals surface area contributed by atoms with Gasteiger partial charge in [0.1, 0.15) is 0 Å². The van der Waals surface area contributed by atoms with Crippen molar-refractivity contribution in [3.63, 3.8) is 0 Å². The van der Waals surface area contributed by atoms with Crippen molar-refractivity contribution in [2.45, 2.75) is 26.7 Å². The van der Waals surface area contributed by atoms with E-state index in [1.54, 1.807) is 0 Å². The van der Waals surface area contributed by atoms with Gasteiger partial charge in [0.05, 0.1) is 11.4 Å². The zero-order chi connectivity index (χ0) is 13.4. The standard InChI is InChI=1S/C17H20N2/c1-12-10-15(18)17(11-13(12)2)19-9-5-7-14-6-3-4-8-16(14)19/h3-4,6,8,10-11H,5,7,9,18H2,1-2H3. The summed E-state index contributed by atoms with van der Waals surface area (Å²) in [5.41, 5.74) is 13.5. The van der Waals surface area contributed by atoms with E-state index in [-0.39, 0.29) is 0 Å². The Morgan fingerprint density at radius 3 is 2.58 bits per heavy atom. The van der Waals surface area contributed by atoms with E-state index in [0.29, 0.717) is 0 Å². The van der Waals surface area contributed by atoms with Gasteiger partial charge in [-0.3, -0.25) is 0 Å². The molecule has 0 spiro atoms. The SMILES string of the molecule is Cc1cc(N)c(N2CCCc3ccccc32)cc1C. The summed E-state index contributed by atoms with van der Waals surface area (Å²) in [5.74, 6) is 0. The molecule has 2 nitrogen and oxygen atoms in total. The molecule has 0 fully saturated rings. The molecule has 2 N–H and O–H groups in total. The summed E-state index contributed by atoms with van der Waals surface area (Å²) in [6.45, 7) is 5.30. The van der Waals surface area contributed by atoms with Gasteiger partial charge in [0.25, 0.3) is 0 Å². The van der Waals surface area contributed by atoms with Crippen molar-refractivity contribution in [3.05, 3.63) is 53.1 Å². The van der Waals surface area contributed by atoms with Crippen LogP contribution in [0.25, 0.3) is 0 Å². The van der Waals surface area contributed by atoms with E-state index in [1.165, 1.54) is 28.8 Å². The van der Waals surface area contributed by atoms with Gasteiger partial charge in [0, 0.05) is 12.2 Å². The van der Waals surface area contributed by atoms with Gasteiger partial charge in [-0.15, -0.1) is 0 Å². The lowest BCUT2D eigenvalue weighted by molar-refractivity contribution is 0.767. The van der Waals surface area contributed by atoms with E-state index in [4.69, 9.17) is 5.73 Å². The van der Waals surface area contributed by atoms with Crippen molar-refractivity contribution >= 4 is 17.1 Å². The number of rotatable bonds is 1. The molecule has 0 unspecified atom stereocenters. The molecule has 3 rings (SSSR count). The number of anilines is 3. The third-order valence-electron chi connectivity index (χ3n) is 4.04. The minimum Gasteiger partial charge on any atom is -0.397 e. The summed E-state index contributed by atoms with van der Waals surface area (Å²) in [5, 5.41) is 0. The van der Waals surface area contributed by atoms with Gasteiger partial charge in [-0.25, -0.2) is 0 Å². The highest BCUT2D eigenvalue weighted by Crippen LogP contribution is 2.37. The second-order valence-electron chi connectivity index (χ2n) is 5.38. The van der Waals surface area contributed by atoms with Crippen LogP contribution in [0.3, 0.4) is 0 Å². The lowest BCUT2D eigenvalue weighted by atomic mass is 9.99. The molecule has 0 saturated heterocycles. The fourth-order valence-electron chi connectivity index (χ4n) is 2.84. The highest BCUT2D eigenvalue weighted by atomic mass is 15.1. The molecule has 0 aromatic heterocycles. The van der Waals surface area contributed by atoms with E-state index < -0.39 is 0 Å². The Hall–Kier alpha value is -1.96. The summed E-state index contributed by atoms with van der Waals surface area (Å²) in [6, 6.07) is 12.9. The fourth-order valence-corrected chi connectivity index (χ4v) is 2.84. The molecule has 0 aliphatic carbocycles. The van der Waals surface area contributed by atoms with Crippen molar-refractivity contribution in [1.82, 2.24) is 0 Å². The van der Waals surface area contributed by atoms with Crippen molar-refractivity contribution in [1.29, 1.82) is 0 Å². The third-order valence-corrected chi connectivity index (χ3v) is 4.04. The molecule has 1 aliphatic rings. The zero-order valence-electron chi connectivity index (χ0n) is 11.6. The van der Waals surface area contributed by atoms with Gasteiger partial charge in [-0.2, -0.15) is 0 Å². The first kappa shape index (κ1) is 12.1. The maximum atomic E-state index is 6.24. The Morgan fingerprint density at radius 1 is 1.00 bits per heavy atom. The molecular weight excluding hydrogens is 232 g/mol. The molecule has 0 amide bonds. The predicted molar refractivity (Wildman–Crippen MR) is 82.1 cm³/mol. The number of benzene rings is 2. The van der Waals surface area contributed by atoms with Gasteiger partial charge in [0.2, 0.25) is 0 Å². The monoisotopic (exact) mass is 252 g/mol. The molecule has 1 heterocycles. The molecule has 2 aromatic carbocycles. The number of nitrogens with two attached hydrogens (primary N) is 1. The molecule has 2 aromatic rings. The minimum absolute atomic E-state index is 0.875. The Morgan fingerprint density at radius 2 is 1.74 bits per heavy atom. The first-order valence-corrected chi connectivity index (χ1v) is 6.89. The molecule has 0 bridgehead atoms. The molecule has 19 heavy (non-hydrogen) atoms. The molecule has 0 atom stereocenters. The molecule has 98 valence electrons. The second kappa shape index (κ2) is 4.61. The van der Waals surface area contributed by atoms with E-state index >= 15 is 0 Å². The van der Waals surface area contributed by atoms with E-state index in [1.807, 2.05) is 0 Å². The maximum Gasteiger partial charge on any atom is 0.0647 e. The van der Waals surface area contributed by atoms with Gasteiger partial charge in [0.15, 0.2) is 0 Å². The van der Waals surface area contributed by atoms with Crippen LogP contribution in [-0.2, 0) is 6.42 Å². The number of nitrogens with zero attached hydrogens (tertiary/aromatic N) is 1. The summed E-state index contributed by atoms with van der Waals surface area (Å²) in [6.07, 6.45) is 2.35. The highest BCUT2D eigenvalue weighted by Gasteiger charge is 2.19. The van der Waals surface area contributed by atoms with Crippen molar-refractivity contribution < 1.29 is 0 Å². The lowest BCUT2D eigenvalue weighted by Gasteiger charge is -2.32.